The third-order valence-electron chi connectivity index (χ3n) is 4.89. The van der Waals surface area contributed by atoms with Crippen molar-refractivity contribution < 1.29 is 9.59 Å². The van der Waals surface area contributed by atoms with Crippen LogP contribution >= 0.6 is 0 Å². The van der Waals surface area contributed by atoms with Crippen molar-refractivity contribution >= 4 is 17.4 Å². The fraction of sp³-hybridized carbons (Fsp3) is 0.182. The lowest BCUT2D eigenvalue weighted by atomic mass is 9.74. The molecular weight excluding hydrogens is 352 g/mol. The van der Waals surface area contributed by atoms with Crippen LogP contribution in [0.2, 0.25) is 0 Å². The monoisotopic (exact) mass is 372 g/mol. The molecule has 0 spiro atoms. The van der Waals surface area contributed by atoms with E-state index in [0.29, 0.717) is 23.3 Å². The third-order valence-corrected chi connectivity index (χ3v) is 4.89. The Morgan fingerprint density at radius 3 is 2.39 bits per heavy atom. The highest BCUT2D eigenvalue weighted by Gasteiger charge is 2.40. The number of fused-ring (bicyclic) bond motifs is 1. The van der Waals surface area contributed by atoms with Gasteiger partial charge in [-0.25, -0.2) is 10.1 Å². The Kier molecular flexibility index (Phi) is 4.39. The number of ketones is 1. The standard InChI is InChI=1S/C22H20N4O2/c1-22(2)13-18-17(14-23-26(18)16-11-7-4-8-12-16)19(27)20(22)24-25-21(28)15-9-5-3-6-10-15/h3-12,14H,13H2,1-2H3,(H,25,28)/b24-20-. The molecule has 0 aliphatic heterocycles. The Morgan fingerprint density at radius 1 is 1.07 bits per heavy atom. The van der Waals surface area contributed by atoms with Gasteiger partial charge in [-0.2, -0.15) is 10.2 Å². The maximum absolute atomic E-state index is 13.1. The van der Waals surface area contributed by atoms with Crippen molar-refractivity contribution in [1.29, 1.82) is 0 Å². The maximum atomic E-state index is 13.1. The Bertz CT molecular complexity index is 1070. The number of hydrazone groups is 1. The Labute approximate surface area is 162 Å². The van der Waals surface area contributed by atoms with E-state index in [1.165, 1.54) is 0 Å². The van der Waals surface area contributed by atoms with E-state index in [1.807, 2.05) is 50.2 Å². The molecule has 0 saturated carbocycles. The van der Waals surface area contributed by atoms with Crippen LogP contribution in [-0.4, -0.2) is 27.2 Å². The molecule has 3 aromatic rings. The number of nitrogens with one attached hydrogen (secondary N) is 1. The van der Waals surface area contributed by atoms with Crippen molar-refractivity contribution in [3.8, 4) is 5.69 Å². The number of benzene rings is 2. The van der Waals surface area contributed by atoms with E-state index in [2.05, 4.69) is 15.6 Å². The second-order valence-electron chi connectivity index (χ2n) is 7.41. The van der Waals surface area contributed by atoms with Crippen LogP contribution in [0.5, 0.6) is 0 Å². The summed E-state index contributed by atoms with van der Waals surface area (Å²) >= 11 is 0. The van der Waals surface area contributed by atoms with Crippen LogP contribution in [0.15, 0.2) is 72.0 Å². The smallest absolute Gasteiger partial charge is 0.271 e. The number of nitrogens with zero attached hydrogens (tertiary/aromatic N) is 3. The number of hydrogen-bond acceptors (Lipinski definition) is 4. The fourth-order valence-corrected chi connectivity index (χ4v) is 3.43. The summed E-state index contributed by atoms with van der Waals surface area (Å²) in [4.78, 5) is 25.4. The second-order valence-corrected chi connectivity index (χ2v) is 7.41. The number of rotatable bonds is 3. The van der Waals surface area contributed by atoms with E-state index in [0.717, 1.165) is 11.4 Å². The molecule has 6 nitrogen and oxygen atoms in total. The molecule has 0 saturated heterocycles. The minimum Gasteiger partial charge on any atom is -0.287 e. The highest BCUT2D eigenvalue weighted by molar-refractivity contribution is 6.48. The zero-order chi connectivity index (χ0) is 19.7. The van der Waals surface area contributed by atoms with Gasteiger partial charge < -0.3 is 0 Å². The van der Waals surface area contributed by atoms with Gasteiger partial charge in [0.2, 0.25) is 5.78 Å². The van der Waals surface area contributed by atoms with Gasteiger partial charge in [0.05, 0.1) is 23.1 Å². The zero-order valence-electron chi connectivity index (χ0n) is 15.7. The van der Waals surface area contributed by atoms with Crippen LogP contribution in [0, 0.1) is 5.41 Å². The molecule has 0 unspecified atom stereocenters. The topological polar surface area (TPSA) is 76.3 Å². The highest BCUT2D eigenvalue weighted by Crippen LogP contribution is 2.34. The molecule has 0 radical (unpaired) electrons. The number of aromatic nitrogens is 2. The van der Waals surface area contributed by atoms with E-state index in [1.54, 1.807) is 35.1 Å². The van der Waals surface area contributed by atoms with Gasteiger partial charge in [0, 0.05) is 17.4 Å². The van der Waals surface area contributed by atoms with Crippen molar-refractivity contribution in [3.05, 3.63) is 83.7 Å². The van der Waals surface area contributed by atoms with Crippen LogP contribution in [0.3, 0.4) is 0 Å². The largest absolute Gasteiger partial charge is 0.287 e. The average Bonchev–Trinajstić information content (AvgIpc) is 3.11. The van der Waals surface area contributed by atoms with E-state index < -0.39 is 5.41 Å². The first-order valence-electron chi connectivity index (χ1n) is 9.08. The molecule has 1 heterocycles. The molecule has 1 amide bonds. The molecule has 0 bridgehead atoms. The highest BCUT2D eigenvalue weighted by atomic mass is 16.2. The summed E-state index contributed by atoms with van der Waals surface area (Å²) < 4.78 is 1.80. The van der Waals surface area contributed by atoms with Crippen LogP contribution in [-0.2, 0) is 6.42 Å². The molecule has 28 heavy (non-hydrogen) atoms. The van der Waals surface area contributed by atoms with Gasteiger partial charge in [0.15, 0.2) is 0 Å². The molecular formula is C22H20N4O2. The van der Waals surface area contributed by atoms with E-state index in [4.69, 9.17) is 0 Å². The van der Waals surface area contributed by atoms with Gasteiger partial charge in [-0.1, -0.05) is 50.2 Å². The summed E-state index contributed by atoms with van der Waals surface area (Å²) in [6, 6.07) is 18.5. The summed E-state index contributed by atoms with van der Waals surface area (Å²) in [5.74, 6) is -0.552. The number of hydrogen-bond donors (Lipinski definition) is 1. The number of para-hydroxylation sites is 1. The van der Waals surface area contributed by atoms with Crippen molar-refractivity contribution in [2.45, 2.75) is 20.3 Å². The lowest BCUT2D eigenvalue weighted by molar-refractivity contribution is 0.0954. The van der Waals surface area contributed by atoms with Crippen molar-refractivity contribution in [2.75, 3.05) is 0 Å². The van der Waals surface area contributed by atoms with Crippen molar-refractivity contribution in [2.24, 2.45) is 10.5 Å². The first kappa shape index (κ1) is 17.9. The average molecular weight is 372 g/mol. The molecule has 1 aromatic heterocycles. The zero-order valence-corrected chi connectivity index (χ0v) is 15.7. The van der Waals surface area contributed by atoms with Crippen LogP contribution < -0.4 is 5.43 Å². The quantitative estimate of drug-likeness (QED) is 0.716. The molecule has 0 fully saturated rings. The second kappa shape index (κ2) is 6.88. The van der Waals surface area contributed by atoms with Gasteiger partial charge >= 0.3 is 0 Å². The first-order valence-corrected chi connectivity index (χ1v) is 9.08. The summed E-state index contributed by atoms with van der Waals surface area (Å²) in [6.45, 7) is 3.90. The third kappa shape index (κ3) is 3.13. The lowest BCUT2D eigenvalue weighted by Crippen LogP contribution is -2.40. The molecule has 6 heteroatoms. The van der Waals surface area contributed by atoms with E-state index in [-0.39, 0.29) is 11.7 Å². The molecule has 1 aliphatic carbocycles. The number of carbonyl (C=O) groups is 2. The molecule has 1 N–H and O–H groups in total. The lowest BCUT2D eigenvalue weighted by Gasteiger charge is -2.30. The van der Waals surface area contributed by atoms with Crippen LogP contribution in [0.1, 0.15) is 40.3 Å². The molecule has 2 aromatic carbocycles. The summed E-state index contributed by atoms with van der Waals surface area (Å²) in [6.07, 6.45) is 2.16. The van der Waals surface area contributed by atoms with E-state index >= 15 is 0 Å². The first-order chi connectivity index (χ1) is 13.5. The Balaban J connectivity index is 1.66. The summed E-state index contributed by atoms with van der Waals surface area (Å²) in [7, 11) is 0. The predicted octanol–water partition coefficient (Wildman–Crippen LogP) is 3.42. The van der Waals surface area contributed by atoms with Gasteiger partial charge in [-0.15, -0.1) is 0 Å². The molecule has 140 valence electrons. The predicted molar refractivity (Wildman–Crippen MR) is 107 cm³/mol. The summed E-state index contributed by atoms with van der Waals surface area (Å²) in [5.41, 5.74) is 5.09. The fourth-order valence-electron chi connectivity index (χ4n) is 3.43. The van der Waals surface area contributed by atoms with Crippen LogP contribution in [0.25, 0.3) is 5.69 Å². The number of Topliss-reactive ketones (excluding diaryl/α,β-unsaturated/α-hetero) is 1. The minimum atomic E-state index is -0.541. The minimum absolute atomic E-state index is 0.207. The number of amides is 1. The van der Waals surface area contributed by atoms with E-state index in [9.17, 15) is 9.59 Å². The van der Waals surface area contributed by atoms with Gasteiger partial charge in [0.1, 0.15) is 5.71 Å². The van der Waals surface area contributed by atoms with Gasteiger partial charge in [-0.3, -0.25) is 9.59 Å². The maximum Gasteiger partial charge on any atom is 0.271 e. The summed E-state index contributed by atoms with van der Waals surface area (Å²) in [5, 5.41) is 8.62. The van der Waals surface area contributed by atoms with Crippen molar-refractivity contribution in [3.63, 3.8) is 0 Å². The normalized spacial score (nSPS) is 16.6. The molecule has 0 atom stereocenters. The number of carbonyl (C=O) groups excluding carboxylic acids is 2. The van der Waals surface area contributed by atoms with Crippen molar-refractivity contribution in [1.82, 2.24) is 15.2 Å². The van der Waals surface area contributed by atoms with Gasteiger partial charge in [-0.05, 0) is 24.3 Å². The SMILES string of the molecule is CC1(C)Cc2c(cnn2-c2ccccc2)C(=O)/C1=N/NC(=O)c1ccccc1. The van der Waals surface area contributed by atoms with Crippen LogP contribution in [0.4, 0.5) is 0 Å². The molecule has 1 aliphatic rings. The van der Waals surface area contributed by atoms with Gasteiger partial charge in [0.25, 0.3) is 5.91 Å². The Morgan fingerprint density at radius 2 is 1.71 bits per heavy atom. The Hall–Kier alpha value is -3.54. The molecule has 4 rings (SSSR count).